The van der Waals surface area contributed by atoms with Crippen LogP contribution in [0, 0.1) is 0 Å². The molecule has 1 aromatic carbocycles. The highest BCUT2D eigenvalue weighted by Crippen LogP contribution is 2.12. The highest BCUT2D eigenvalue weighted by molar-refractivity contribution is 5.44. The molecule has 2 aromatic rings. The normalized spacial score (nSPS) is 10.6. The van der Waals surface area contributed by atoms with Crippen molar-refractivity contribution >= 4 is 5.69 Å². The smallest absolute Gasteiger partial charge is 0.0543 e. The van der Waals surface area contributed by atoms with Crippen LogP contribution in [0.25, 0.3) is 0 Å². The average Bonchev–Trinajstić information content (AvgIpc) is 2.40. The van der Waals surface area contributed by atoms with Gasteiger partial charge in [-0.1, -0.05) is 18.2 Å². The van der Waals surface area contributed by atoms with E-state index in [0.29, 0.717) is 0 Å². The van der Waals surface area contributed by atoms with E-state index in [9.17, 15) is 0 Å². The summed E-state index contributed by atoms with van der Waals surface area (Å²) in [6, 6.07) is 14.5. The fourth-order valence-corrected chi connectivity index (χ4v) is 1.96. The molecule has 0 aliphatic heterocycles. The predicted molar refractivity (Wildman–Crippen MR) is 75.4 cm³/mol. The van der Waals surface area contributed by atoms with Crippen molar-refractivity contribution in [2.75, 3.05) is 19.4 Å². The molecule has 0 unspecified atom stereocenters. The molecule has 1 aromatic heterocycles. The topological polar surface area (TPSA) is 28.2 Å². The summed E-state index contributed by atoms with van der Waals surface area (Å²) in [5.41, 5.74) is 3.56. The second-order valence-electron chi connectivity index (χ2n) is 4.44. The molecule has 1 heterocycles. The molecule has 0 spiro atoms. The maximum absolute atomic E-state index is 4.34. The Kier molecular flexibility index (Phi) is 4.31. The van der Waals surface area contributed by atoms with Gasteiger partial charge in [-0.15, -0.1) is 0 Å². The quantitative estimate of drug-likeness (QED) is 0.872. The minimum Gasteiger partial charge on any atom is -0.388 e. The molecule has 18 heavy (non-hydrogen) atoms. The Labute approximate surface area is 108 Å². The number of hydrogen-bond acceptors (Lipinski definition) is 3. The van der Waals surface area contributed by atoms with Crippen molar-refractivity contribution in [3.05, 3.63) is 59.9 Å². The summed E-state index contributed by atoms with van der Waals surface area (Å²) in [4.78, 5) is 6.60. The van der Waals surface area contributed by atoms with Gasteiger partial charge in [0.25, 0.3) is 0 Å². The summed E-state index contributed by atoms with van der Waals surface area (Å²) >= 11 is 0. The number of aromatic nitrogens is 1. The summed E-state index contributed by atoms with van der Waals surface area (Å²) in [6.07, 6.45) is 1.84. The van der Waals surface area contributed by atoms with Crippen LogP contribution >= 0.6 is 0 Å². The lowest BCUT2D eigenvalue weighted by Gasteiger charge is -2.16. The summed E-state index contributed by atoms with van der Waals surface area (Å²) in [6.45, 7) is 1.79. The first-order valence-corrected chi connectivity index (χ1v) is 6.13. The Morgan fingerprint density at radius 3 is 2.72 bits per heavy atom. The minimum absolute atomic E-state index is 0.866. The summed E-state index contributed by atoms with van der Waals surface area (Å²) < 4.78 is 0. The van der Waals surface area contributed by atoms with E-state index >= 15 is 0 Å². The Morgan fingerprint density at radius 1 is 1.11 bits per heavy atom. The van der Waals surface area contributed by atoms with Gasteiger partial charge < -0.3 is 5.32 Å². The van der Waals surface area contributed by atoms with Crippen LogP contribution in [-0.2, 0) is 13.1 Å². The maximum atomic E-state index is 4.34. The lowest BCUT2D eigenvalue weighted by atomic mass is 10.2. The first-order chi connectivity index (χ1) is 8.78. The van der Waals surface area contributed by atoms with E-state index in [-0.39, 0.29) is 0 Å². The van der Waals surface area contributed by atoms with E-state index < -0.39 is 0 Å². The van der Waals surface area contributed by atoms with Gasteiger partial charge in [-0.2, -0.15) is 0 Å². The number of rotatable bonds is 5. The van der Waals surface area contributed by atoms with Crippen molar-refractivity contribution < 1.29 is 0 Å². The van der Waals surface area contributed by atoms with E-state index in [1.165, 1.54) is 5.56 Å². The van der Waals surface area contributed by atoms with E-state index in [4.69, 9.17) is 0 Å². The minimum atomic E-state index is 0.866. The third kappa shape index (κ3) is 3.57. The predicted octanol–water partition coefficient (Wildman–Crippen LogP) is 2.76. The van der Waals surface area contributed by atoms with Crippen molar-refractivity contribution in [1.29, 1.82) is 0 Å². The highest BCUT2D eigenvalue weighted by Gasteiger charge is 2.02. The number of anilines is 1. The van der Waals surface area contributed by atoms with Gasteiger partial charge in [-0.3, -0.25) is 9.88 Å². The molecule has 3 heteroatoms. The maximum Gasteiger partial charge on any atom is 0.0543 e. The van der Waals surface area contributed by atoms with Crippen LogP contribution in [0.5, 0.6) is 0 Å². The number of hydrogen-bond donors (Lipinski definition) is 1. The second kappa shape index (κ2) is 6.17. The fraction of sp³-hybridized carbons (Fsp3) is 0.267. The molecule has 0 atom stereocenters. The van der Waals surface area contributed by atoms with E-state index in [1.807, 2.05) is 25.4 Å². The van der Waals surface area contributed by atoms with Crippen LogP contribution in [0.15, 0.2) is 48.7 Å². The Morgan fingerprint density at radius 2 is 2.00 bits per heavy atom. The van der Waals surface area contributed by atoms with Gasteiger partial charge in [-0.05, 0) is 36.9 Å². The van der Waals surface area contributed by atoms with Crippen LogP contribution in [0.3, 0.4) is 0 Å². The van der Waals surface area contributed by atoms with Gasteiger partial charge in [0.1, 0.15) is 0 Å². The molecule has 1 N–H and O–H groups in total. The molecule has 0 radical (unpaired) electrons. The number of nitrogens with one attached hydrogen (secondary N) is 1. The van der Waals surface area contributed by atoms with Crippen molar-refractivity contribution in [1.82, 2.24) is 9.88 Å². The van der Waals surface area contributed by atoms with E-state index in [0.717, 1.165) is 24.5 Å². The van der Waals surface area contributed by atoms with Gasteiger partial charge in [0, 0.05) is 32.0 Å². The van der Waals surface area contributed by atoms with Crippen LogP contribution in [0.2, 0.25) is 0 Å². The highest BCUT2D eigenvalue weighted by atomic mass is 15.1. The summed E-state index contributed by atoms with van der Waals surface area (Å²) in [5, 5.41) is 3.16. The third-order valence-corrected chi connectivity index (χ3v) is 2.83. The number of nitrogens with zero attached hydrogens (tertiary/aromatic N) is 2. The van der Waals surface area contributed by atoms with Gasteiger partial charge in [0.2, 0.25) is 0 Å². The monoisotopic (exact) mass is 241 g/mol. The molecular formula is C15H19N3. The largest absolute Gasteiger partial charge is 0.388 e. The first kappa shape index (κ1) is 12.6. The second-order valence-corrected chi connectivity index (χ2v) is 4.44. The molecule has 94 valence electrons. The lowest BCUT2D eigenvalue weighted by Crippen LogP contribution is -2.17. The van der Waals surface area contributed by atoms with E-state index in [2.05, 4.69) is 52.6 Å². The summed E-state index contributed by atoms with van der Waals surface area (Å²) in [7, 11) is 4.05. The van der Waals surface area contributed by atoms with E-state index in [1.54, 1.807) is 0 Å². The Bertz CT molecular complexity index is 482. The zero-order valence-electron chi connectivity index (χ0n) is 10.9. The first-order valence-electron chi connectivity index (χ1n) is 6.13. The Hall–Kier alpha value is -1.87. The van der Waals surface area contributed by atoms with Gasteiger partial charge in [0.05, 0.1) is 5.69 Å². The fourth-order valence-electron chi connectivity index (χ4n) is 1.96. The third-order valence-electron chi connectivity index (χ3n) is 2.83. The average molecular weight is 241 g/mol. The molecule has 0 fully saturated rings. The molecule has 3 nitrogen and oxygen atoms in total. The van der Waals surface area contributed by atoms with Crippen LogP contribution < -0.4 is 5.32 Å². The van der Waals surface area contributed by atoms with Gasteiger partial charge in [-0.25, -0.2) is 0 Å². The molecular weight excluding hydrogens is 222 g/mol. The molecule has 0 aliphatic carbocycles. The molecule has 0 saturated heterocycles. The zero-order chi connectivity index (χ0) is 12.8. The lowest BCUT2D eigenvalue weighted by molar-refractivity contribution is 0.315. The van der Waals surface area contributed by atoms with Gasteiger partial charge >= 0.3 is 0 Å². The van der Waals surface area contributed by atoms with Crippen LogP contribution in [-0.4, -0.2) is 24.0 Å². The molecule has 0 amide bonds. The van der Waals surface area contributed by atoms with Crippen LogP contribution in [0.1, 0.15) is 11.3 Å². The number of benzene rings is 1. The van der Waals surface area contributed by atoms with Crippen molar-refractivity contribution in [3.63, 3.8) is 0 Å². The summed E-state index contributed by atoms with van der Waals surface area (Å²) in [5.74, 6) is 0. The SMILES string of the molecule is CNc1cccc(CN(C)Cc2ccccn2)c1. The molecule has 2 rings (SSSR count). The standard InChI is InChI=1S/C15H19N3/c1-16-14-8-5-6-13(10-14)11-18(2)12-15-7-3-4-9-17-15/h3-10,16H,11-12H2,1-2H3. The molecule has 0 saturated carbocycles. The van der Waals surface area contributed by atoms with Crippen molar-refractivity contribution in [3.8, 4) is 0 Å². The van der Waals surface area contributed by atoms with Gasteiger partial charge in [0.15, 0.2) is 0 Å². The number of pyridine rings is 1. The van der Waals surface area contributed by atoms with Crippen molar-refractivity contribution in [2.24, 2.45) is 0 Å². The molecule has 0 bridgehead atoms. The zero-order valence-corrected chi connectivity index (χ0v) is 10.9. The van der Waals surface area contributed by atoms with Crippen LogP contribution in [0.4, 0.5) is 5.69 Å². The molecule has 0 aliphatic rings. The van der Waals surface area contributed by atoms with Crippen molar-refractivity contribution in [2.45, 2.75) is 13.1 Å². The Balaban J connectivity index is 1.96.